The molecule has 0 spiro atoms. The van der Waals surface area contributed by atoms with Crippen LogP contribution in [0.4, 0.5) is 0 Å². The molecule has 114 valence electrons. The van der Waals surface area contributed by atoms with Crippen molar-refractivity contribution in [3.8, 4) is 0 Å². The molecule has 1 saturated carbocycles. The van der Waals surface area contributed by atoms with Gasteiger partial charge in [-0.3, -0.25) is 4.68 Å². The minimum Gasteiger partial charge on any atom is -0.316 e. The first-order valence-corrected chi connectivity index (χ1v) is 8.75. The van der Waals surface area contributed by atoms with Crippen LogP contribution in [-0.2, 0) is 12.8 Å². The number of thiazole rings is 1. The van der Waals surface area contributed by atoms with Crippen LogP contribution in [0, 0.1) is 6.92 Å². The van der Waals surface area contributed by atoms with Gasteiger partial charge in [0.1, 0.15) is 0 Å². The molecule has 2 aromatic rings. The summed E-state index contributed by atoms with van der Waals surface area (Å²) in [7, 11) is 2.03. The zero-order valence-corrected chi connectivity index (χ0v) is 13.7. The fraction of sp³-hybridized carbons (Fsp3) is 0.625. The SMILES string of the molecule is CNC(Cc1csc(C)n1)Cc1ccn(C2CCCC2)n1. The second-order valence-electron chi connectivity index (χ2n) is 5.98. The standard InChI is InChI=1S/C16H24N4S/c1-12-18-15(11-21-12)10-14(17-2)9-13-7-8-20(19-13)16-5-3-4-6-16/h7-8,11,14,16-17H,3-6,9-10H2,1-2H3. The number of nitrogens with zero attached hydrogens (tertiary/aromatic N) is 3. The van der Waals surface area contributed by atoms with Crippen molar-refractivity contribution in [2.45, 2.75) is 57.5 Å². The van der Waals surface area contributed by atoms with E-state index < -0.39 is 0 Å². The van der Waals surface area contributed by atoms with Gasteiger partial charge in [0.15, 0.2) is 0 Å². The number of likely N-dealkylation sites (N-methyl/N-ethyl adjacent to an activating group) is 1. The largest absolute Gasteiger partial charge is 0.316 e. The van der Waals surface area contributed by atoms with Crippen LogP contribution in [0.3, 0.4) is 0 Å². The molecule has 1 unspecified atom stereocenters. The third-order valence-corrected chi connectivity index (χ3v) is 5.17. The quantitative estimate of drug-likeness (QED) is 0.891. The van der Waals surface area contributed by atoms with E-state index in [0.717, 1.165) is 17.8 Å². The minimum absolute atomic E-state index is 0.401. The van der Waals surface area contributed by atoms with Gasteiger partial charge in [0.25, 0.3) is 0 Å². The van der Waals surface area contributed by atoms with Crippen LogP contribution < -0.4 is 5.32 Å². The highest BCUT2D eigenvalue weighted by Crippen LogP contribution is 2.28. The maximum atomic E-state index is 4.79. The summed E-state index contributed by atoms with van der Waals surface area (Å²) in [6.45, 7) is 2.06. The summed E-state index contributed by atoms with van der Waals surface area (Å²) in [5.74, 6) is 0. The average Bonchev–Trinajstić information content (AvgIpc) is 3.19. The summed E-state index contributed by atoms with van der Waals surface area (Å²) in [5, 5.41) is 11.5. The van der Waals surface area contributed by atoms with Gasteiger partial charge in [-0.15, -0.1) is 11.3 Å². The fourth-order valence-electron chi connectivity index (χ4n) is 3.14. The van der Waals surface area contributed by atoms with Crippen molar-refractivity contribution in [3.63, 3.8) is 0 Å². The zero-order chi connectivity index (χ0) is 14.7. The van der Waals surface area contributed by atoms with Gasteiger partial charge < -0.3 is 5.32 Å². The summed E-state index contributed by atoms with van der Waals surface area (Å²) in [5.41, 5.74) is 2.38. The Balaban J connectivity index is 1.61. The number of nitrogens with one attached hydrogen (secondary N) is 1. The molecule has 1 N–H and O–H groups in total. The van der Waals surface area contributed by atoms with E-state index in [1.165, 1.54) is 37.1 Å². The van der Waals surface area contributed by atoms with Crippen molar-refractivity contribution in [1.29, 1.82) is 0 Å². The van der Waals surface area contributed by atoms with E-state index in [1.807, 2.05) is 7.05 Å². The van der Waals surface area contributed by atoms with Crippen molar-refractivity contribution in [1.82, 2.24) is 20.1 Å². The predicted molar refractivity (Wildman–Crippen MR) is 86.8 cm³/mol. The van der Waals surface area contributed by atoms with Crippen LogP contribution in [-0.4, -0.2) is 27.9 Å². The van der Waals surface area contributed by atoms with E-state index in [0.29, 0.717) is 12.1 Å². The molecule has 1 aliphatic carbocycles. The lowest BCUT2D eigenvalue weighted by atomic mass is 10.1. The number of aryl methyl sites for hydroxylation is 1. The summed E-state index contributed by atoms with van der Waals surface area (Å²) in [6.07, 6.45) is 9.36. The Kier molecular flexibility index (Phi) is 4.70. The molecule has 1 atom stereocenters. The first-order valence-electron chi connectivity index (χ1n) is 7.87. The lowest BCUT2D eigenvalue weighted by molar-refractivity contribution is 0.457. The molecule has 21 heavy (non-hydrogen) atoms. The highest BCUT2D eigenvalue weighted by molar-refractivity contribution is 7.09. The van der Waals surface area contributed by atoms with Crippen LogP contribution in [0.2, 0.25) is 0 Å². The molecule has 0 aliphatic heterocycles. The first-order chi connectivity index (χ1) is 10.2. The van der Waals surface area contributed by atoms with E-state index in [4.69, 9.17) is 5.10 Å². The zero-order valence-electron chi connectivity index (χ0n) is 12.9. The molecule has 3 rings (SSSR count). The van der Waals surface area contributed by atoms with Gasteiger partial charge in [-0.05, 0) is 32.9 Å². The second-order valence-corrected chi connectivity index (χ2v) is 7.04. The van der Waals surface area contributed by atoms with E-state index in [-0.39, 0.29) is 0 Å². The van der Waals surface area contributed by atoms with E-state index in [9.17, 15) is 0 Å². The first kappa shape index (κ1) is 14.7. The maximum Gasteiger partial charge on any atom is 0.0897 e. The Morgan fingerprint density at radius 3 is 2.76 bits per heavy atom. The molecule has 0 aromatic carbocycles. The molecule has 0 radical (unpaired) electrons. The second kappa shape index (κ2) is 6.71. The van der Waals surface area contributed by atoms with E-state index in [2.05, 4.69) is 39.5 Å². The smallest absolute Gasteiger partial charge is 0.0897 e. The van der Waals surface area contributed by atoms with E-state index >= 15 is 0 Å². The van der Waals surface area contributed by atoms with Gasteiger partial charge >= 0.3 is 0 Å². The fourth-order valence-corrected chi connectivity index (χ4v) is 3.77. The minimum atomic E-state index is 0.401. The van der Waals surface area contributed by atoms with E-state index in [1.54, 1.807) is 11.3 Å². The maximum absolute atomic E-state index is 4.79. The van der Waals surface area contributed by atoms with Gasteiger partial charge in [0, 0.05) is 30.5 Å². The molecule has 2 heterocycles. The topological polar surface area (TPSA) is 42.7 Å². The average molecular weight is 304 g/mol. The van der Waals surface area contributed by atoms with Gasteiger partial charge in [-0.25, -0.2) is 4.98 Å². The van der Waals surface area contributed by atoms with Crippen LogP contribution in [0.15, 0.2) is 17.6 Å². The van der Waals surface area contributed by atoms with Gasteiger partial charge in [-0.1, -0.05) is 12.8 Å². The molecule has 5 heteroatoms. The van der Waals surface area contributed by atoms with Crippen molar-refractivity contribution in [3.05, 3.63) is 34.0 Å². The Morgan fingerprint density at radius 1 is 1.33 bits per heavy atom. The highest BCUT2D eigenvalue weighted by Gasteiger charge is 2.18. The van der Waals surface area contributed by atoms with Crippen molar-refractivity contribution in [2.24, 2.45) is 0 Å². The van der Waals surface area contributed by atoms with Crippen LogP contribution in [0.1, 0.15) is 48.1 Å². The van der Waals surface area contributed by atoms with Gasteiger partial charge in [-0.2, -0.15) is 5.10 Å². The summed E-state index contributed by atoms with van der Waals surface area (Å²) >= 11 is 1.73. The predicted octanol–water partition coefficient (Wildman–Crippen LogP) is 3.14. The van der Waals surface area contributed by atoms with Gasteiger partial charge in [0.2, 0.25) is 0 Å². The number of hydrogen-bond donors (Lipinski definition) is 1. The van der Waals surface area contributed by atoms with Crippen LogP contribution in [0.25, 0.3) is 0 Å². The number of hydrogen-bond acceptors (Lipinski definition) is 4. The van der Waals surface area contributed by atoms with Crippen molar-refractivity contribution >= 4 is 11.3 Å². The molecular formula is C16H24N4S. The van der Waals surface area contributed by atoms with Gasteiger partial charge in [0.05, 0.1) is 22.4 Å². The monoisotopic (exact) mass is 304 g/mol. The Hall–Kier alpha value is -1.20. The summed E-state index contributed by atoms with van der Waals surface area (Å²) in [4.78, 5) is 4.56. The normalized spacial score (nSPS) is 17.4. The van der Waals surface area contributed by atoms with Crippen LogP contribution >= 0.6 is 11.3 Å². The molecule has 4 nitrogen and oxygen atoms in total. The molecule has 2 aromatic heterocycles. The Morgan fingerprint density at radius 2 is 2.10 bits per heavy atom. The summed E-state index contributed by atoms with van der Waals surface area (Å²) < 4.78 is 2.18. The third-order valence-electron chi connectivity index (χ3n) is 4.35. The summed E-state index contributed by atoms with van der Waals surface area (Å²) in [6, 6.07) is 3.21. The molecule has 0 bridgehead atoms. The molecule has 0 amide bonds. The highest BCUT2D eigenvalue weighted by atomic mass is 32.1. The van der Waals surface area contributed by atoms with Crippen molar-refractivity contribution in [2.75, 3.05) is 7.05 Å². The lowest BCUT2D eigenvalue weighted by Gasteiger charge is -2.14. The van der Waals surface area contributed by atoms with Crippen molar-refractivity contribution < 1.29 is 0 Å². The van der Waals surface area contributed by atoms with Crippen LogP contribution in [0.5, 0.6) is 0 Å². The number of aromatic nitrogens is 3. The molecular weight excluding hydrogens is 280 g/mol. The third kappa shape index (κ3) is 3.71. The Bertz CT molecular complexity index is 568. The lowest BCUT2D eigenvalue weighted by Crippen LogP contribution is -2.30. The Labute approximate surface area is 130 Å². The molecule has 0 saturated heterocycles. The molecule has 1 fully saturated rings. The molecule has 1 aliphatic rings. The number of rotatable bonds is 6.